The molecule has 41 nitrogen and oxygen atoms in total. The van der Waals surface area contributed by atoms with Gasteiger partial charge < -0.3 is 132 Å². The predicted molar refractivity (Wildman–Crippen MR) is 434 cm³/mol. The van der Waals surface area contributed by atoms with Gasteiger partial charge in [-0.3, -0.25) is 82.5 Å². The van der Waals surface area contributed by atoms with Gasteiger partial charge >= 0.3 is 0 Å². The fourth-order valence-electron chi connectivity index (χ4n) is 11.6. The van der Waals surface area contributed by atoms with Gasteiger partial charge in [-0.1, -0.05) is 93.9 Å². The smallest absolute Gasteiger partial charge is 0.243 e. The van der Waals surface area contributed by atoms with Crippen molar-refractivity contribution in [1.29, 1.82) is 0 Å². The number of aliphatic imine (C=N–C) groups is 5. The molecule has 36 N–H and O–H groups in total. The predicted octanol–water partition coefficient (Wildman–Crippen LogP) is -5.41. The molecule has 1 heterocycles. The fraction of sp³-hybridized carbons (Fsp3) is 0.653. The Hall–Kier alpha value is -11.3. The summed E-state index contributed by atoms with van der Waals surface area (Å²) in [4.78, 5) is 194. The van der Waals surface area contributed by atoms with Crippen molar-refractivity contribution in [2.24, 2.45) is 123 Å². The fourth-order valence-corrected chi connectivity index (χ4v) is 11.6. The third-order valence-corrected chi connectivity index (χ3v) is 18.3. The maximum absolute atomic E-state index is 15.0. The highest BCUT2D eigenvalue weighted by atomic mass is 16.2. The molecule has 113 heavy (non-hydrogen) atoms. The lowest BCUT2D eigenvalue weighted by Crippen LogP contribution is -2.62. The Morgan fingerprint density at radius 1 is 0.363 bits per heavy atom. The van der Waals surface area contributed by atoms with Crippen molar-refractivity contribution < 1.29 is 57.5 Å². The number of aromatic nitrogens is 1. The van der Waals surface area contributed by atoms with E-state index in [2.05, 4.69) is 88.4 Å². The van der Waals surface area contributed by atoms with E-state index in [1.807, 2.05) is 19.9 Å². The van der Waals surface area contributed by atoms with E-state index in [-0.39, 0.29) is 151 Å². The number of aromatic amines is 1. The van der Waals surface area contributed by atoms with Crippen LogP contribution in [0.25, 0.3) is 10.9 Å². The van der Waals surface area contributed by atoms with Gasteiger partial charge in [0.1, 0.15) is 66.5 Å². The molecule has 0 radical (unpaired) electrons. The molecule has 0 bridgehead atoms. The van der Waals surface area contributed by atoms with Crippen LogP contribution in [0.4, 0.5) is 0 Å². The van der Waals surface area contributed by atoms with E-state index in [0.29, 0.717) is 29.3 Å². The third-order valence-electron chi connectivity index (χ3n) is 18.3. The number of guanidine groups is 5. The van der Waals surface area contributed by atoms with Crippen molar-refractivity contribution in [3.05, 3.63) is 36.0 Å². The van der Waals surface area contributed by atoms with Crippen molar-refractivity contribution in [1.82, 2.24) is 63.5 Å². The molecule has 0 saturated heterocycles. The molecule has 634 valence electrons. The van der Waals surface area contributed by atoms with Crippen molar-refractivity contribution in [3.63, 3.8) is 0 Å². The van der Waals surface area contributed by atoms with Gasteiger partial charge in [0.05, 0.1) is 6.04 Å². The van der Waals surface area contributed by atoms with Crippen molar-refractivity contribution in [2.75, 3.05) is 32.7 Å². The summed E-state index contributed by atoms with van der Waals surface area (Å²) in [5.74, 6) is -13.1. The average molecular weight is 1590 g/mol. The number of fused-ring (bicyclic) bond motifs is 1. The van der Waals surface area contributed by atoms with Gasteiger partial charge in [-0.25, -0.2) is 0 Å². The standard InChI is InChI=1S/C72H129N29O12/c1-12-40(10)55(67(113)98-51(34-42-35-90-44-22-14-13-21-43(42)44)63(109)94-47(25-18-30-87-70(79)80)58(104)92-45(56(74)102)24-17-29-86-69(77)78)101-61(107)49(27-20-32-89-72(83)84)96-66(112)54(39(8)9)99-57(103)41(11)91-65(111)53(38(6)7)100-60(106)46(23-15-16-28-85-68(75)76)93-62(108)50(33-36(2)3)97-59(105)48(26-19-31-88-71(81)82)95-64(110)52(73)37(4)5/h13-14,21-22,35-41,45-55,90H,12,15-20,23-34,73H2,1-11H3,(H2,74,102)(H,91,111)(H,92,104)(H,93,108)(H,94,109)(H,95,110)(H,96,112)(H,97,105)(H,98,113)(H,99,103)(H,100,106)(H,101,107)(H4,75,76,85)(H4,77,78,86)(H4,79,80,87)(H4,81,82,88)(H4,83,84,89)/t40-,41-,45-,46-,47-,48-,49-,50-,51-,52-,53-,54-,55-/m0/s1. The minimum atomic E-state index is -1.45. The van der Waals surface area contributed by atoms with E-state index in [4.69, 9.17) is 68.8 Å². The zero-order valence-corrected chi connectivity index (χ0v) is 67.2. The zero-order chi connectivity index (χ0) is 85.4. The first-order valence-electron chi connectivity index (χ1n) is 38.3. The lowest BCUT2D eigenvalue weighted by molar-refractivity contribution is -0.137. The van der Waals surface area contributed by atoms with Crippen LogP contribution >= 0.6 is 0 Å². The summed E-state index contributed by atoms with van der Waals surface area (Å²) in [6.07, 6.45) is 3.14. The monoisotopic (exact) mass is 1590 g/mol. The number of carbonyl (C=O) groups excluding carboxylic acids is 12. The van der Waals surface area contributed by atoms with Crippen LogP contribution in [0.3, 0.4) is 0 Å². The summed E-state index contributed by atoms with van der Waals surface area (Å²) in [5, 5.41) is 30.6. The molecule has 0 aliphatic rings. The highest BCUT2D eigenvalue weighted by Gasteiger charge is 2.39. The number of nitrogens with two attached hydrogens (primary N) is 12. The number of carbonyl (C=O) groups is 12. The largest absolute Gasteiger partial charge is 0.370 e. The Kier molecular flexibility index (Phi) is 43.8. The molecule has 0 unspecified atom stereocenters. The van der Waals surface area contributed by atoms with E-state index in [9.17, 15) is 57.5 Å². The summed E-state index contributed by atoms with van der Waals surface area (Å²) in [6.45, 7) is 18.8. The lowest BCUT2D eigenvalue weighted by Gasteiger charge is -2.30. The van der Waals surface area contributed by atoms with Crippen LogP contribution in [0.5, 0.6) is 0 Å². The van der Waals surface area contributed by atoms with Gasteiger partial charge in [0, 0.05) is 56.2 Å². The van der Waals surface area contributed by atoms with Crippen LogP contribution in [0.2, 0.25) is 0 Å². The summed E-state index contributed by atoms with van der Waals surface area (Å²) < 4.78 is 0. The number of rotatable bonds is 53. The summed E-state index contributed by atoms with van der Waals surface area (Å²) in [6, 6.07) is -8.50. The molecule has 41 heteroatoms. The zero-order valence-electron chi connectivity index (χ0n) is 67.2. The Balaban J connectivity index is 2.56. The summed E-state index contributed by atoms with van der Waals surface area (Å²) in [5.41, 5.74) is 68.6. The van der Waals surface area contributed by atoms with E-state index in [1.165, 1.54) is 6.92 Å². The second kappa shape index (κ2) is 50.6. The van der Waals surface area contributed by atoms with Crippen LogP contribution in [0.1, 0.15) is 165 Å². The lowest BCUT2D eigenvalue weighted by atomic mass is 9.96. The summed E-state index contributed by atoms with van der Waals surface area (Å²) >= 11 is 0. The van der Waals surface area contributed by atoms with Crippen molar-refractivity contribution in [2.45, 2.75) is 239 Å². The van der Waals surface area contributed by atoms with Gasteiger partial charge in [0.25, 0.3) is 0 Å². The summed E-state index contributed by atoms with van der Waals surface area (Å²) in [7, 11) is 0. The van der Waals surface area contributed by atoms with Crippen LogP contribution < -0.4 is 127 Å². The quantitative estimate of drug-likeness (QED) is 0.0167. The van der Waals surface area contributed by atoms with Crippen LogP contribution in [-0.2, 0) is 64.0 Å². The number of H-pyrrole nitrogens is 1. The van der Waals surface area contributed by atoms with Gasteiger partial charge in [-0.05, 0) is 125 Å². The molecular weight excluding hydrogens is 1460 g/mol. The Labute approximate surface area is 660 Å². The first-order chi connectivity index (χ1) is 53.1. The van der Waals surface area contributed by atoms with Gasteiger partial charge in [-0.2, -0.15) is 0 Å². The maximum Gasteiger partial charge on any atom is 0.243 e. The number of benzene rings is 1. The highest BCUT2D eigenvalue weighted by Crippen LogP contribution is 2.21. The highest BCUT2D eigenvalue weighted by molar-refractivity contribution is 6.00. The van der Waals surface area contributed by atoms with E-state index < -0.39 is 161 Å². The minimum absolute atomic E-state index is 0.00458. The van der Waals surface area contributed by atoms with Gasteiger partial charge in [-0.15, -0.1) is 0 Å². The average Bonchev–Trinajstić information content (AvgIpc) is 1.69. The Morgan fingerprint density at radius 2 is 0.699 bits per heavy atom. The van der Waals surface area contributed by atoms with Crippen LogP contribution in [0.15, 0.2) is 55.4 Å². The molecule has 1 aromatic carbocycles. The molecule has 2 rings (SSSR count). The molecule has 0 aliphatic heterocycles. The van der Waals surface area contributed by atoms with E-state index in [0.717, 1.165) is 0 Å². The SMILES string of the molecule is CC[C@H](C)[C@H](NC(=O)[C@H](CCCN=C(N)N)NC(=O)[C@@H](NC(=O)[C@H](C)NC(=O)[C@@H](NC(=O)[C@H](CCCCN=C(N)N)NC(=O)[C@H](CC(C)C)NC(=O)[C@H](CCCN=C(N)N)NC(=O)[C@@H](N)C(C)C)C(C)C)C(C)C)C(=O)N[C@@H](Cc1c[nH]c2ccccc12)C(=O)N[C@@H](CCCN=C(N)N)C(=O)N[C@@H](CCCN=C(N)N)C(N)=O. The second-order valence-electron chi connectivity index (χ2n) is 29.5. The number of para-hydroxylation sites is 1. The van der Waals surface area contributed by atoms with Crippen LogP contribution in [-0.4, -0.2) is 211 Å². The van der Waals surface area contributed by atoms with Crippen LogP contribution in [0, 0.1) is 29.6 Å². The third kappa shape index (κ3) is 37.1. The maximum atomic E-state index is 15.0. The number of nitrogens with zero attached hydrogens (tertiary/aromatic N) is 5. The number of nitrogens with one attached hydrogen (secondary N) is 12. The number of primary amides is 1. The van der Waals surface area contributed by atoms with Gasteiger partial charge in [0.15, 0.2) is 29.8 Å². The Bertz CT molecular complexity index is 3600. The number of amides is 12. The van der Waals surface area contributed by atoms with Crippen molar-refractivity contribution >= 4 is 112 Å². The number of unbranched alkanes of at least 4 members (excludes halogenated alkanes) is 1. The molecule has 0 aliphatic carbocycles. The topological polar surface area (TPSA) is 727 Å². The number of hydrogen-bond donors (Lipinski definition) is 24. The van der Waals surface area contributed by atoms with Crippen molar-refractivity contribution in [3.8, 4) is 0 Å². The molecule has 2 aromatic rings. The van der Waals surface area contributed by atoms with E-state index in [1.54, 1.807) is 79.8 Å². The second-order valence-corrected chi connectivity index (χ2v) is 29.5. The molecule has 13 atom stereocenters. The number of hydrogen-bond acceptors (Lipinski definition) is 18. The molecule has 12 amide bonds. The molecule has 0 fully saturated rings. The molecule has 0 spiro atoms. The molecular formula is C72H129N29O12. The molecule has 0 saturated carbocycles. The first-order valence-corrected chi connectivity index (χ1v) is 38.3. The molecule has 1 aromatic heterocycles. The first kappa shape index (κ1) is 97.8. The minimum Gasteiger partial charge on any atom is -0.370 e. The van der Waals surface area contributed by atoms with E-state index >= 15 is 0 Å². The van der Waals surface area contributed by atoms with Gasteiger partial charge in [0.2, 0.25) is 70.9 Å². The Morgan fingerprint density at radius 3 is 1.12 bits per heavy atom. The normalized spacial score (nSPS) is 14.7.